The van der Waals surface area contributed by atoms with Gasteiger partial charge >= 0.3 is 0 Å². The molecule has 8 nitrogen and oxygen atoms in total. The van der Waals surface area contributed by atoms with Crippen LogP contribution in [0.3, 0.4) is 0 Å². The van der Waals surface area contributed by atoms with E-state index >= 15 is 0 Å². The summed E-state index contributed by atoms with van der Waals surface area (Å²) in [5.41, 5.74) is -0.120. The summed E-state index contributed by atoms with van der Waals surface area (Å²) in [6.07, 6.45) is 2.60. The van der Waals surface area contributed by atoms with Gasteiger partial charge in [0.1, 0.15) is 21.2 Å². The first-order chi connectivity index (χ1) is 24.5. The van der Waals surface area contributed by atoms with Crippen molar-refractivity contribution in [2.75, 3.05) is 0 Å². The van der Waals surface area contributed by atoms with Gasteiger partial charge < -0.3 is 9.47 Å². The Morgan fingerprint density at radius 1 is 0.519 bits per heavy atom. The van der Waals surface area contributed by atoms with E-state index < -0.39 is 57.6 Å². The Balaban J connectivity index is 1.12. The summed E-state index contributed by atoms with van der Waals surface area (Å²) in [5.74, 6) is -7.29. The van der Waals surface area contributed by atoms with E-state index in [0.29, 0.717) is 9.75 Å². The van der Waals surface area contributed by atoms with Gasteiger partial charge in [0.25, 0.3) is 0 Å². The quantitative estimate of drug-likeness (QED) is 0.100. The summed E-state index contributed by atoms with van der Waals surface area (Å²) in [5, 5.41) is 0.553. The number of halogens is 4. The molecule has 0 N–H and O–H groups in total. The van der Waals surface area contributed by atoms with E-state index in [9.17, 15) is 36.7 Å². The number of thiazole rings is 2. The molecule has 3 aromatic carbocycles. The fourth-order valence-electron chi connectivity index (χ4n) is 6.95. The van der Waals surface area contributed by atoms with Crippen LogP contribution in [0.2, 0.25) is 0 Å². The van der Waals surface area contributed by atoms with Crippen LogP contribution in [-0.4, -0.2) is 33.1 Å². The number of benzene rings is 3. The maximum Gasteiger partial charge on any atom is 0.234 e. The number of hydrogen-bond donors (Lipinski definition) is 0. The molecule has 52 heavy (non-hydrogen) atoms. The first-order valence-corrected chi connectivity index (χ1v) is 17.4. The number of nitrogens with zero attached hydrogens (tertiary/aromatic N) is 2. The van der Waals surface area contributed by atoms with Crippen molar-refractivity contribution in [1.82, 2.24) is 9.97 Å². The van der Waals surface area contributed by atoms with Gasteiger partial charge in [0.05, 0.1) is 20.9 Å². The predicted octanol–water partition coefficient (Wildman–Crippen LogP) is 8.67. The minimum Gasteiger partial charge on any atom is -0.466 e. The molecular weight excluding hydrogens is 721 g/mol. The van der Waals surface area contributed by atoms with Gasteiger partial charge in [0.2, 0.25) is 11.8 Å². The monoisotopic (exact) mass is 740 g/mol. The van der Waals surface area contributed by atoms with Gasteiger partial charge in [0, 0.05) is 44.5 Å². The van der Waals surface area contributed by atoms with Gasteiger partial charge in [-0.1, -0.05) is 0 Å². The maximum absolute atomic E-state index is 13.9. The number of carbonyl (C=O) groups excluding carboxylic acids is 4. The van der Waals surface area contributed by atoms with Crippen LogP contribution in [0.1, 0.15) is 90.3 Å². The van der Waals surface area contributed by atoms with Crippen LogP contribution in [0.5, 0.6) is 11.8 Å². The molecule has 9 rings (SSSR count). The summed E-state index contributed by atoms with van der Waals surface area (Å²) in [6.45, 7) is 7.43. The van der Waals surface area contributed by atoms with Gasteiger partial charge in [-0.2, -0.15) is 0 Å². The Kier molecular flexibility index (Phi) is 6.51. The van der Waals surface area contributed by atoms with Gasteiger partial charge in [-0.05, 0) is 76.2 Å². The maximum atomic E-state index is 13.9. The highest BCUT2D eigenvalue weighted by atomic mass is 32.1. The van der Waals surface area contributed by atoms with Gasteiger partial charge in [-0.25, -0.2) is 27.5 Å². The molecule has 0 bridgehead atoms. The molecule has 4 heterocycles. The number of allylic oxidation sites excluding steroid dienone is 2. The second kappa shape index (κ2) is 10.5. The Morgan fingerprint density at radius 2 is 0.827 bits per heavy atom. The lowest BCUT2D eigenvalue weighted by Crippen LogP contribution is -2.32. The summed E-state index contributed by atoms with van der Waals surface area (Å²) in [4.78, 5) is 62.6. The van der Waals surface area contributed by atoms with Crippen molar-refractivity contribution in [3.8, 4) is 32.6 Å². The van der Waals surface area contributed by atoms with Crippen LogP contribution < -0.4 is 9.47 Å². The molecule has 14 heteroatoms. The molecular formula is C38H20F4N2O6S2. The zero-order valence-corrected chi connectivity index (χ0v) is 28.9. The largest absolute Gasteiger partial charge is 0.466 e. The number of Topliss-reactive ketones (excluding diaryl/α,β-unsaturated/α-hetero) is 4. The van der Waals surface area contributed by atoms with E-state index in [4.69, 9.17) is 9.47 Å². The number of fused-ring (bicyclic) bond motifs is 8. The van der Waals surface area contributed by atoms with Crippen LogP contribution >= 0.6 is 22.7 Å². The first kappa shape index (κ1) is 32.3. The number of carbonyl (C=O) groups is 4. The Bertz CT molecular complexity index is 2400. The average Bonchev–Trinajstić information content (AvgIpc) is 3.78. The Morgan fingerprint density at radius 3 is 1.13 bits per heavy atom. The van der Waals surface area contributed by atoms with E-state index in [0.717, 1.165) is 46.5 Å². The van der Waals surface area contributed by atoms with E-state index in [2.05, 4.69) is 9.97 Å². The normalized spacial score (nSPS) is 17.2. The van der Waals surface area contributed by atoms with Crippen LogP contribution in [0.15, 0.2) is 47.5 Å². The third-order valence-electron chi connectivity index (χ3n) is 9.49. The minimum absolute atomic E-state index is 0.216. The van der Waals surface area contributed by atoms with Gasteiger partial charge in [-0.3, -0.25) is 19.2 Å². The number of hydrogen-bond acceptors (Lipinski definition) is 10. The van der Waals surface area contributed by atoms with E-state index in [1.165, 1.54) is 34.8 Å². The van der Waals surface area contributed by atoms with Crippen molar-refractivity contribution < 1.29 is 46.2 Å². The smallest absolute Gasteiger partial charge is 0.234 e. The van der Waals surface area contributed by atoms with Crippen molar-refractivity contribution in [1.29, 1.82) is 0 Å². The summed E-state index contributed by atoms with van der Waals surface area (Å²) >= 11 is 2.35. The summed E-state index contributed by atoms with van der Waals surface area (Å²) < 4.78 is 68.3. The van der Waals surface area contributed by atoms with E-state index in [1.807, 2.05) is 39.8 Å². The molecule has 0 atom stereocenters. The number of ether oxygens (including phenoxy) is 2. The third-order valence-corrected chi connectivity index (χ3v) is 11.5. The molecule has 0 unspecified atom stereocenters. The SMILES string of the molecule is CC1(C)Oc2nc(C=C3C(=O)c4cc(F)c(F)cc4C3=O)sc2-c2cc3c(cc21)-c1sc(C=C2C(=O)c4cc(F)c(F)cc4C2=O)nc1OC3(C)C. The van der Waals surface area contributed by atoms with Gasteiger partial charge in [0.15, 0.2) is 46.4 Å². The molecule has 5 aromatic rings. The highest BCUT2D eigenvalue weighted by molar-refractivity contribution is 7.16. The summed E-state index contributed by atoms with van der Waals surface area (Å²) in [6, 6.07) is 6.80. The van der Waals surface area contributed by atoms with Crippen molar-refractivity contribution in [3.05, 3.63) is 114 Å². The summed E-state index contributed by atoms with van der Waals surface area (Å²) in [7, 11) is 0. The lowest BCUT2D eigenvalue weighted by atomic mass is 9.81. The fourth-order valence-corrected chi connectivity index (χ4v) is 8.89. The second-order valence-corrected chi connectivity index (χ2v) is 15.7. The topological polar surface area (TPSA) is 113 Å². The van der Waals surface area contributed by atoms with E-state index in [-0.39, 0.29) is 55.2 Å². The highest BCUT2D eigenvalue weighted by Crippen LogP contribution is 2.55. The predicted molar refractivity (Wildman–Crippen MR) is 182 cm³/mol. The van der Waals surface area contributed by atoms with Crippen molar-refractivity contribution in [2.24, 2.45) is 0 Å². The second-order valence-electron chi connectivity index (χ2n) is 13.6. The molecule has 0 saturated heterocycles. The third kappa shape index (κ3) is 4.50. The lowest BCUT2D eigenvalue weighted by Gasteiger charge is -2.37. The van der Waals surface area contributed by atoms with Crippen LogP contribution in [-0.2, 0) is 11.2 Å². The van der Waals surface area contributed by atoms with Crippen LogP contribution in [0.25, 0.3) is 33.0 Å². The number of rotatable bonds is 2. The van der Waals surface area contributed by atoms with Gasteiger partial charge in [-0.15, -0.1) is 22.7 Å². The van der Waals surface area contributed by atoms with Crippen molar-refractivity contribution in [2.45, 2.75) is 38.9 Å². The molecule has 0 saturated carbocycles. The number of ketones is 4. The van der Waals surface area contributed by atoms with Crippen molar-refractivity contribution in [3.63, 3.8) is 0 Å². The molecule has 2 aliphatic heterocycles. The lowest BCUT2D eigenvalue weighted by molar-refractivity contribution is 0.0952. The zero-order valence-electron chi connectivity index (χ0n) is 27.3. The molecule has 0 amide bonds. The molecule has 0 fully saturated rings. The van der Waals surface area contributed by atoms with E-state index in [1.54, 1.807) is 0 Å². The fraction of sp³-hybridized carbons (Fsp3) is 0.158. The van der Waals surface area contributed by atoms with Crippen LogP contribution in [0, 0.1) is 23.3 Å². The zero-order chi connectivity index (χ0) is 36.8. The minimum atomic E-state index is -1.23. The standard InChI is InChI=1S/C38H20F4N2O6S2/c1-37(2)21-5-18-22(6-17(21)33-35(49-37)43-27(51-33)11-19-29(45)13-7-23(39)24(40)8-14(13)30(19)46)38(3,4)50-36-34(18)52-28(44-36)12-20-31(47)15-9-25(41)26(42)10-16(15)32(20)48/h5-12H,1-4H3. The molecule has 0 spiro atoms. The molecule has 4 aliphatic rings. The molecule has 2 aliphatic carbocycles. The molecule has 2 aromatic heterocycles. The Hall–Kier alpha value is -5.60. The first-order valence-electron chi connectivity index (χ1n) is 15.7. The number of aromatic nitrogens is 2. The molecule has 0 radical (unpaired) electrons. The van der Waals surface area contributed by atoms with Crippen molar-refractivity contribution >= 4 is 58.0 Å². The highest BCUT2D eigenvalue weighted by Gasteiger charge is 2.43. The van der Waals surface area contributed by atoms with Crippen LogP contribution in [0.4, 0.5) is 17.6 Å². The average molecular weight is 741 g/mol. The molecule has 258 valence electrons. The Labute approximate surface area is 299 Å².